The molecule has 2 aromatic rings. The molecule has 0 unspecified atom stereocenters. The van der Waals surface area contributed by atoms with Crippen molar-refractivity contribution >= 4 is 17.8 Å². The van der Waals surface area contributed by atoms with Crippen LogP contribution in [0.2, 0.25) is 0 Å². The van der Waals surface area contributed by atoms with Gasteiger partial charge in [-0.1, -0.05) is 0 Å². The summed E-state index contributed by atoms with van der Waals surface area (Å²) in [5.74, 6) is 0.869. The van der Waals surface area contributed by atoms with Gasteiger partial charge < -0.3 is 24.4 Å². The fraction of sp³-hybridized carbons (Fsp3) is 0.667. The zero-order valence-electron chi connectivity index (χ0n) is 21.1. The van der Waals surface area contributed by atoms with Crippen LogP contribution in [0.4, 0.5) is 10.6 Å². The second kappa shape index (κ2) is 9.27. The normalized spacial score (nSPS) is 22.9. The number of hydrogen-bond donors (Lipinski definition) is 2. The van der Waals surface area contributed by atoms with E-state index in [9.17, 15) is 9.59 Å². The number of urea groups is 1. The quantitative estimate of drug-likeness (QED) is 0.687. The zero-order valence-corrected chi connectivity index (χ0v) is 21.1. The third-order valence-electron chi connectivity index (χ3n) is 7.80. The van der Waals surface area contributed by atoms with Gasteiger partial charge >= 0.3 is 6.03 Å². The lowest BCUT2D eigenvalue weighted by atomic mass is 9.99. The monoisotopic (exact) mass is 484 g/mol. The van der Waals surface area contributed by atoms with E-state index in [-0.39, 0.29) is 18.0 Å². The van der Waals surface area contributed by atoms with Crippen LogP contribution < -0.4 is 5.32 Å². The van der Waals surface area contributed by atoms with Gasteiger partial charge in [-0.3, -0.25) is 14.8 Å². The van der Waals surface area contributed by atoms with E-state index in [1.165, 1.54) is 6.20 Å². The zero-order chi connectivity index (χ0) is 24.7. The molecule has 0 radical (unpaired) electrons. The molecule has 2 fully saturated rings. The predicted molar refractivity (Wildman–Crippen MR) is 130 cm³/mol. The Morgan fingerprint density at radius 2 is 2.03 bits per heavy atom. The van der Waals surface area contributed by atoms with Crippen molar-refractivity contribution in [2.24, 2.45) is 13.0 Å². The van der Waals surface area contributed by atoms with Gasteiger partial charge in [-0.15, -0.1) is 0 Å². The second-order valence-corrected chi connectivity index (χ2v) is 10.6. The number of H-pyrrole nitrogens is 1. The number of carbonyl (C=O) groups is 2. The highest BCUT2D eigenvalue weighted by atomic mass is 16.5. The number of imidazole rings is 1. The molecule has 190 valence electrons. The Balaban J connectivity index is 1.25. The lowest BCUT2D eigenvalue weighted by Gasteiger charge is -2.44. The first kappa shape index (κ1) is 23.8. The lowest BCUT2D eigenvalue weighted by molar-refractivity contribution is 0.0290. The van der Waals surface area contributed by atoms with Crippen molar-refractivity contribution in [1.29, 1.82) is 0 Å². The highest BCUT2D eigenvalue weighted by Crippen LogP contribution is 2.41. The summed E-state index contributed by atoms with van der Waals surface area (Å²) in [7, 11) is 1.77. The van der Waals surface area contributed by atoms with Gasteiger partial charge in [-0.25, -0.2) is 9.78 Å². The summed E-state index contributed by atoms with van der Waals surface area (Å²) >= 11 is 0. The second-order valence-electron chi connectivity index (χ2n) is 10.6. The number of hydrogen-bond acceptors (Lipinski definition) is 6. The molecule has 3 aliphatic heterocycles. The summed E-state index contributed by atoms with van der Waals surface area (Å²) in [4.78, 5) is 36.8. The summed E-state index contributed by atoms with van der Waals surface area (Å²) in [5.41, 5.74) is 1.59. The number of rotatable bonds is 4. The maximum Gasteiger partial charge on any atom is 0.321 e. The van der Waals surface area contributed by atoms with Crippen molar-refractivity contribution in [1.82, 2.24) is 34.4 Å². The lowest BCUT2D eigenvalue weighted by Crippen LogP contribution is -2.59. The van der Waals surface area contributed by atoms with Gasteiger partial charge in [0, 0.05) is 58.0 Å². The maximum atomic E-state index is 13.7. The van der Waals surface area contributed by atoms with Crippen LogP contribution in [0.3, 0.4) is 0 Å². The number of fused-ring (bicyclic) bond motifs is 1. The number of anilines is 1. The van der Waals surface area contributed by atoms with Crippen LogP contribution in [0.1, 0.15) is 55.4 Å². The third kappa shape index (κ3) is 4.42. The van der Waals surface area contributed by atoms with Gasteiger partial charge in [-0.05, 0) is 39.5 Å². The van der Waals surface area contributed by atoms with Crippen LogP contribution in [0, 0.1) is 5.92 Å². The van der Waals surface area contributed by atoms with Crippen LogP contribution in [-0.2, 0) is 23.9 Å². The van der Waals surface area contributed by atoms with Gasteiger partial charge in [0.2, 0.25) is 0 Å². The van der Waals surface area contributed by atoms with E-state index in [0.29, 0.717) is 30.5 Å². The van der Waals surface area contributed by atoms with Gasteiger partial charge in [-0.2, -0.15) is 5.10 Å². The Labute approximate surface area is 205 Å². The van der Waals surface area contributed by atoms with Gasteiger partial charge in [0.25, 0.3) is 5.91 Å². The molecule has 5 rings (SSSR count). The van der Waals surface area contributed by atoms with E-state index >= 15 is 0 Å². The van der Waals surface area contributed by atoms with E-state index in [1.54, 1.807) is 17.9 Å². The number of piperazine rings is 1. The molecule has 0 aliphatic carbocycles. The average molecular weight is 485 g/mol. The molecule has 0 spiro atoms. The third-order valence-corrected chi connectivity index (χ3v) is 7.80. The minimum Gasteiger partial charge on any atom is -0.381 e. The number of amides is 3. The molecular formula is C24H36N8O3. The molecule has 2 aromatic heterocycles. The Morgan fingerprint density at radius 3 is 2.71 bits per heavy atom. The SMILES string of the molecule is C[C@H]1CN(CC2CCOCC2)CCN1C(=O)N1Cc2c(NC(=O)c3cncn3C)n[nH]c2C1(C)C. The smallest absolute Gasteiger partial charge is 0.321 e. The van der Waals surface area contributed by atoms with E-state index < -0.39 is 5.54 Å². The minimum absolute atomic E-state index is 0.0294. The number of carbonyl (C=O) groups excluding carboxylic acids is 2. The predicted octanol–water partition coefficient (Wildman–Crippen LogP) is 2.00. The summed E-state index contributed by atoms with van der Waals surface area (Å²) in [6.07, 6.45) is 5.35. The summed E-state index contributed by atoms with van der Waals surface area (Å²) in [6, 6.07) is 0.162. The molecule has 2 saturated heterocycles. The highest BCUT2D eigenvalue weighted by molar-refractivity contribution is 6.03. The van der Waals surface area contributed by atoms with Crippen molar-refractivity contribution in [2.75, 3.05) is 44.7 Å². The molecular weight excluding hydrogens is 448 g/mol. The fourth-order valence-corrected chi connectivity index (χ4v) is 5.61. The van der Waals surface area contributed by atoms with Crippen LogP contribution in [-0.4, -0.2) is 91.8 Å². The standard InChI is InChI=1S/C24H36N8O3/c1-16-12-30(13-17-5-9-35-10-6-17)7-8-31(16)23(34)32-14-18-20(24(32,2)3)27-28-21(18)26-22(33)19-11-25-15-29(19)4/h11,15-17H,5-10,12-14H2,1-4H3,(H2,26,27,28,33)/t16-/m0/s1. The number of nitrogens with one attached hydrogen (secondary N) is 2. The van der Waals surface area contributed by atoms with E-state index in [0.717, 1.165) is 56.9 Å². The first-order valence-corrected chi connectivity index (χ1v) is 12.5. The molecule has 5 heterocycles. The van der Waals surface area contributed by atoms with Crippen LogP contribution in [0.25, 0.3) is 0 Å². The van der Waals surface area contributed by atoms with Crippen LogP contribution in [0.15, 0.2) is 12.5 Å². The van der Waals surface area contributed by atoms with Crippen molar-refractivity contribution < 1.29 is 14.3 Å². The first-order valence-electron chi connectivity index (χ1n) is 12.5. The topological polar surface area (TPSA) is 112 Å². The summed E-state index contributed by atoms with van der Waals surface area (Å²) in [6.45, 7) is 11.9. The number of aromatic amines is 1. The van der Waals surface area contributed by atoms with Gasteiger partial charge in [0.1, 0.15) is 5.69 Å². The molecule has 0 saturated carbocycles. The summed E-state index contributed by atoms with van der Waals surface area (Å²) < 4.78 is 7.16. The Morgan fingerprint density at radius 1 is 1.26 bits per heavy atom. The van der Waals surface area contributed by atoms with E-state index in [1.807, 2.05) is 23.6 Å². The number of nitrogens with zero attached hydrogens (tertiary/aromatic N) is 6. The summed E-state index contributed by atoms with van der Waals surface area (Å²) in [5, 5.41) is 10.3. The van der Waals surface area contributed by atoms with E-state index in [2.05, 4.69) is 32.3 Å². The number of aromatic nitrogens is 4. The van der Waals surface area contributed by atoms with Crippen LogP contribution in [0.5, 0.6) is 0 Å². The van der Waals surface area contributed by atoms with Crippen LogP contribution >= 0.6 is 0 Å². The average Bonchev–Trinajstić information content (AvgIpc) is 3.50. The van der Waals surface area contributed by atoms with Crippen molar-refractivity contribution in [2.45, 2.75) is 51.7 Å². The Kier molecular flexibility index (Phi) is 6.30. The molecule has 0 bridgehead atoms. The van der Waals surface area contributed by atoms with E-state index in [4.69, 9.17) is 4.74 Å². The molecule has 35 heavy (non-hydrogen) atoms. The molecule has 3 amide bonds. The van der Waals surface area contributed by atoms with Crippen molar-refractivity contribution in [3.8, 4) is 0 Å². The van der Waals surface area contributed by atoms with Gasteiger partial charge in [0.05, 0.1) is 30.3 Å². The molecule has 0 aromatic carbocycles. The first-order chi connectivity index (χ1) is 16.8. The molecule has 2 N–H and O–H groups in total. The largest absolute Gasteiger partial charge is 0.381 e. The van der Waals surface area contributed by atoms with Gasteiger partial charge in [0.15, 0.2) is 5.82 Å². The van der Waals surface area contributed by atoms with Crippen molar-refractivity contribution in [3.63, 3.8) is 0 Å². The fourth-order valence-electron chi connectivity index (χ4n) is 5.61. The number of aryl methyl sites for hydroxylation is 1. The molecule has 1 atom stereocenters. The molecule has 3 aliphatic rings. The number of ether oxygens (including phenoxy) is 1. The Hall–Kier alpha value is -2.92. The molecule has 11 heteroatoms. The highest BCUT2D eigenvalue weighted by Gasteiger charge is 2.46. The molecule has 11 nitrogen and oxygen atoms in total. The van der Waals surface area contributed by atoms with Crippen molar-refractivity contribution in [3.05, 3.63) is 29.5 Å². The Bertz CT molecular complexity index is 1090. The minimum atomic E-state index is -0.562. The maximum absolute atomic E-state index is 13.7.